The maximum atomic E-state index is 13.5. The number of rotatable bonds is 8. The van der Waals surface area contributed by atoms with Gasteiger partial charge in [-0.1, -0.05) is 18.2 Å². The molecular formula is C26H23F4N3O3S. The number of carbonyl (C=O) groups excluding carboxylic acids is 2. The molecule has 1 aliphatic heterocycles. The summed E-state index contributed by atoms with van der Waals surface area (Å²) in [6, 6.07) is 12.9. The lowest BCUT2D eigenvalue weighted by Gasteiger charge is -2.27. The van der Waals surface area contributed by atoms with Gasteiger partial charge in [-0.3, -0.25) is 9.59 Å². The minimum atomic E-state index is -4.53. The number of methoxy groups -OCH3 is 1. The molecule has 0 saturated heterocycles. The second-order valence-corrected chi connectivity index (χ2v) is 9.28. The first-order valence-corrected chi connectivity index (χ1v) is 12.2. The summed E-state index contributed by atoms with van der Waals surface area (Å²) < 4.78 is 57.4. The van der Waals surface area contributed by atoms with E-state index in [2.05, 4.69) is 5.10 Å². The van der Waals surface area contributed by atoms with Gasteiger partial charge in [-0.2, -0.15) is 18.3 Å². The van der Waals surface area contributed by atoms with Crippen molar-refractivity contribution in [3.05, 3.63) is 93.4 Å². The van der Waals surface area contributed by atoms with Gasteiger partial charge in [0.15, 0.2) is 0 Å². The Kier molecular flexibility index (Phi) is 8.03. The lowest BCUT2D eigenvalue weighted by atomic mass is 10.0. The van der Waals surface area contributed by atoms with Crippen LogP contribution in [0.2, 0.25) is 0 Å². The zero-order valence-electron chi connectivity index (χ0n) is 19.7. The minimum absolute atomic E-state index is 0.0104. The van der Waals surface area contributed by atoms with Crippen LogP contribution >= 0.6 is 11.3 Å². The summed E-state index contributed by atoms with van der Waals surface area (Å²) in [5.41, 5.74) is 0.507. The van der Waals surface area contributed by atoms with Crippen molar-refractivity contribution in [2.45, 2.75) is 18.6 Å². The van der Waals surface area contributed by atoms with E-state index in [1.54, 1.807) is 12.1 Å². The van der Waals surface area contributed by atoms with Crippen molar-refractivity contribution < 1.29 is 31.9 Å². The molecule has 1 unspecified atom stereocenters. The van der Waals surface area contributed by atoms with Crippen LogP contribution in [0.1, 0.15) is 38.8 Å². The summed E-state index contributed by atoms with van der Waals surface area (Å²) in [6.07, 6.45) is -4.13. The highest BCUT2D eigenvalue weighted by Gasteiger charge is 2.35. The van der Waals surface area contributed by atoms with Gasteiger partial charge in [0.05, 0.1) is 28.8 Å². The Balaban J connectivity index is 1.58. The zero-order chi connectivity index (χ0) is 26.6. The number of hydrogen-bond donors (Lipinski definition) is 0. The molecule has 1 aromatic heterocycles. The van der Waals surface area contributed by atoms with Crippen molar-refractivity contribution in [1.82, 2.24) is 9.91 Å². The summed E-state index contributed by atoms with van der Waals surface area (Å²) in [5, 5.41) is 7.72. The van der Waals surface area contributed by atoms with E-state index < -0.39 is 35.4 Å². The average molecular weight is 534 g/mol. The summed E-state index contributed by atoms with van der Waals surface area (Å²) in [4.78, 5) is 28.7. The van der Waals surface area contributed by atoms with Crippen LogP contribution in [0.4, 0.5) is 17.6 Å². The van der Waals surface area contributed by atoms with Crippen LogP contribution in [-0.4, -0.2) is 54.2 Å². The van der Waals surface area contributed by atoms with Gasteiger partial charge < -0.3 is 9.64 Å². The van der Waals surface area contributed by atoms with Gasteiger partial charge in [0.1, 0.15) is 12.4 Å². The molecule has 2 aromatic carbocycles. The molecule has 1 aliphatic rings. The number of amides is 2. The first kappa shape index (κ1) is 26.5. The Morgan fingerprint density at radius 1 is 1.11 bits per heavy atom. The third-order valence-corrected chi connectivity index (χ3v) is 6.78. The van der Waals surface area contributed by atoms with Gasteiger partial charge in [-0.05, 0) is 53.4 Å². The molecule has 4 rings (SSSR count). The molecule has 0 radical (unpaired) electrons. The molecular weight excluding hydrogens is 510 g/mol. The SMILES string of the molecule is COCCN(CC(=O)N1N=C(c2cccs2)CC1c1ccc(F)cc1)C(=O)c1ccc(C(F)(F)F)cc1. The second-order valence-electron chi connectivity index (χ2n) is 8.33. The molecule has 6 nitrogen and oxygen atoms in total. The van der Waals surface area contributed by atoms with E-state index in [0.29, 0.717) is 17.7 Å². The summed E-state index contributed by atoms with van der Waals surface area (Å²) in [5.74, 6) is -1.51. The minimum Gasteiger partial charge on any atom is -0.383 e. The number of thiophene rings is 1. The molecule has 0 fully saturated rings. The quantitative estimate of drug-likeness (QED) is 0.366. The Morgan fingerprint density at radius 3 is 2.41 bits per heavy atom. The number of nitrogens with zero attached hydrogens (tertiary/aromatic N) is 3. The van der Waals surface area contributed by atoms with Crippen LogP contribution < -0.4 is 0 Å². The Bertz CT molecular complexity index is 1260. The molecule has 37 heavy (non-hydrogen) atoms. The van der Waals surface area contributed by atoms with Crippen molar-refractivity contribution in [3.63, 3.8) is 0 Å². The number of benzene rings is 2. The fourth-order valence-corrected chi connectivity index (χ4v) is 4.67. The second kappa shape index (κ2) is 11.2. The maximum absolute atomic E-state index is 13.5. The van der Waals surface area contributed by atoms with Crippen LogP contribution in [0, 0.1) is 5.82 Å². The molecule has 2 amide bonds. The number of hydrogen-bond acceptors (Lipinski definition) is 5. The lowest BCUT2D eigenvalue weighted by Crippen LogP contribution is -2.42. The number of ether oxygens (including phenoxy) is 1. The van der Waals surface area contributed by atoms with Crippen LogP contribution in [0.3, 0.4) is 0 Å². The highest BCUT2D eigenvalue weighted by molar-refractivity contribution is 7.12. The molecule has 194 valence electrons. The summed E-state index contributed by atoms with van der Waals surface area (Å²) in [7, 11) is 1.44. The van der Waals surface area contributed by atoms with Crippen LogP contribution in [0.25, 0.3) is 0 Å². The van der Waals surface area contributed by atoms with Gasteiger partial charge in [0.25, 0.3) is 11.8 Å². The predicted molar refractivity (Wildman–Crippen MR) is 131 cm³/mol. The van der Waals surface area contributed by atoms with E-state index in [1.165, 1.54) is 40.5 Å². The molecule has 1 atom stereocenters. The smallest absolute Gasteiger partial charge is 0.383 e. The van der Waals surface area contributed by atoms with Crippen LogP contribution in [0.5, 0.6) is 0 Å². The molecule has 11 heteroatoms. The lowest BCUT2D eigenvalue weighted by molar-refractivity contribution is -0.137. The average Bonchev–Trinajstić information content (AvgIpc) is 3.56. The van der Waals surface area contributed by atoms with Crippen LogP contribution in [0.15, 0.2) is 71.1 Å². The third-order valence-electron chi connectivity index (χ3n) is 5.86. The number of halogens is 4. The van der Waals surface area contributed by atoms with Crippen molar-refractivity contribution in [2.75, 3.05) is 26.8 Å². The van der Waals surface area contributed by atoms with Gasteiger partial charge in [0.2, 0.25) is 0 Å². The molecule has 0 spiro atoms. The molecule has 0 aliphatic carbocycles. The van der Waals surface area contributed by atoms with Gasteiger partial charge in [0, 0.05) is 25.6 Å². The fourth-order valence-electron chi connectivity index (χ4n) is 3.95. The number of carbonyl (C=O) groups is 2. The normalized spacial score (nSPS) is 15.5. The topological polar surface area (TPSA) is 62.2 Å². The fraction of sp³-hybridized carbons (Fsp3) is 0.269. The Labute approximate surface area is 214 Å². The van der Waals surface area contributed by atoms with E-state index in [1.807, 2.05) is 17.5 Å². The molecule has 0 bridgehead atoms. The van der Waals surface area contributed by atoms with Crippen LogP contribution in [-0.2, 0) is 15.7 Å². The standard InChI is InChI=1S/C26H23F4N3O3S/c1-36-13-12-32(25(35)18-4-8-19(9-5-18)26(28,29)30)16-24(34)33-22(17-6-10-20(27)11-7-17)15-21(31-33)23-3-2-14-37-23/h2-11,14,22H,12-13,15-16H2,1H3. The molecule has 2 heterocycles. The third kappa shape index (κ3) is 6.23. The summed E-state index contributed by atoms with van der Waals surface area (Å²) >= 11 is 1.47. The molecule has 3 aromatic rings. The van der Waals surface area contributed by atoms with Gasteiger partial charge in [-0.15, -0.1) is 11.3 Å². The van der Waals surface area contributed by atoms with E-state index in [4.69, 9.17) is 4.74 Å². The highest BCUT2D eigenvalue weighted by Crippen LogP contribution is 2.34. The van der Waals surface area contributed by atoms with Crippen molar-refractivity contribution >= 4 is 28.9 Å². The maximum Gasteiger partial charge on any atom is 0.416 e. The van der Waals surface area contributed by atoms with E-state index in [9.17, 15) is 27.2 Å². The number of alkyl halides is 3. The predicted octanol–water partition coefficient (Wildman–Crippen LogP) is 5.37. The Hall–Kier alpha value is -3.57. The molecule has 0 N–H and O–H groups in total. The van der Waals surface area contributed by atoms with Crippen molar-refractivity contribution in [3.8, 4) is 0 Å². The first-order valence-electron chi connectivity index (χ1n) is 11.3. The summed E-state index contributed by atoms with van der Waals surface area (Å²) in [6.45, 7) is -0.217. The monoisotopic (exact) mass is 533 g/mol. The highest BCUT2D eigenvalue weighted by atomic mass is 32.1. The molecule has 0 saturated carbocycles. The first-order chi connectivity index (χ1) is 17.7. The van der Waals surface area contributed by atoms with Crippen molar-refractivity contribution in [2.24, 2.45) is 5.10 Å². The van der Waals surface area contributed by atoms with E-state index in [0.717, 1.165) is 29.1 Å². The van der Waals surface area contributed by atoms with E-state index >= 15 is 0 Å². The van der Waals surface area contributed by atoms with E-state index in [-0.39, 0.29) is 25.3 Å². The van der Waals surface area contributed by atoms with Crippen molar-refractivity contribution in [1.29, 1.82) is 0 Å². The zero-order valence-corrected chi connectivity index (χ0v) is 20.6. The van der Waals surface area contributed by atoms with Gasteiger partial charge in [-0.25, -0.2) is 9.40 Å². The van der Waals surface area contributed by atoms with Gasteiger partial charge >= 0.3 is 6.18 Å². The Morgan fingerprint density at radius 2 is 1.81 bits per heavy atom. The number of hydrazone groups is 1. The largest absolute Gasteiger partial charge is 0.416 e.